The monoisotopic (exact) mass is 390 g/mol. The molecule has 0 saturated heterocycles. The van der Waals surface area contributed by atoms with Crippen LogP contribution in [0.4, 0.5) is 0 Å². The van der Waals surface area contributed by atoms with E-state index < -0.39 is 16.1 Å². The fourth-order valence-corrected chi connectivity index (χ4v) is 4.63. The molecule has 2 aromatic rings. The highest BCUT2D eigenvalue weighted by Crippen LogP contribution is 2.29. The lowest BCUT2D eigenvalue weighted by Crippen LogP contribution is -2.33. The van der Waals surface area contributed by atoms with Crippen LogP contribution < -0.4 is 4.72 Å². The van der Waals surface area contributed by atoms with Gasteiger partial charge in [0, 0.05) is 18.7 Å². The van der Waals surface area contributed by atoms with E-state index >= 15 is 0 Å². The molecule has 0 bridgehead atoms. The van der Waals surface area contributed by atoms with Crippen LogP contribution in [0, 0.1) is 0 Å². The molecule has 24 heavy (non-hydrogen) atoms. The van der Waals surface area contributed by atoms with Crippen molar-refractivity contribution in [2.75, 3.05) is 7.11 Å². The number of ether oxygens (including phenoxy) is 1. The third-order valence-corrected chi connectivity index (χ3v) is 5.86. The normalized spacial score (nSPS) is 17.7. The lowest BCUT2D eigenvalue weighted by molar-refractivity contribution is 0.177. The van der Waals surface area contributed by atoms with Crippen LogP contribution >= 0.6 is 23.2 Å². The summed E-state index contributed by atoms with van der Waals surface area (Å²) in [6, 6.07) is 3.85. The highest BCUT2D eigenvalue weighted by molar-refractivity contribution is 7.89. The molecule has 130 valence electrons. The topological polar surface area (TPSA) is 86.1 Å². The van der Waals surface area contributed by atoms with Crippen LogP contribution in [0.1, 0.15) is 30.5 Å². The van der Waals surface area contributed by atoms with Gasteiger partial charge in [0.1, 0.15) is 17.3 Å². The van der Waals surface area contributed by atoms with Gasteiger partial charge in [0.2, 0.25) is 10.0 Å². The average Bonchev–Trinajstić information content (AvgIpc) is 2.93. The predicted molar refractivity (Wildman–Crippen MR) is 89.5 cm³/mol. The molecule has 0 aliphatic carbocycles. The van der Waals surface area contributed by atoms with Crippen molar-refractivity contribution in [1.82, 2.24) is 19.5 Å². The van der Waals surface area contributed by atoms with Crippen LogP contribution in [0.2, 0.25) is 10.0 Å². The van der Waals surface area contributed by atoms with Gasteiger partial charge in [-0.2, -0.15) is 5.10 Å². The van der Waals surface area contributed by atoms with Gasteiger partial charge in [-0.05, 0) is 31.0 Å². The summed E-state index contributed by atoms with van der Waals surface area (Å²) < 4.78 is 34.8. The molecule has 0 unspecified atom stereocenters. The zero-order valence-corrected chi connectivity index (χ0v) is 15.2. The Morgan fingerprint density at radius 2 is 2.21 bits per heavy atom. The molecule has 1 aromatic carbocycles. The zero-order valence-electron chi connectivity index (χ0n) is 12.9. The van der Waals surface area contributed by atoms with Gasteiger partial charge in [0.05, 0.1) is 11.1 Å². The van der Waals surface area contributed by atoms with Crippen LogP contribution in [-0.2, 0) is 27.9 Å². The third-order valence-electron chi connectivity index (χ3n) is 3.67. The van der Waals surface area contributed by atoms with Crippen LogP contribution in [-0.4, -0.2) is 30.3 Å². The number of rotatable bonds is 5. The van der Waals surface area contributed by atoms with E-state index in [-0.39, 0.29) is 16.5 Å². The Hall–Kier alpha value is -1.19. The van der Waals surface area contributed by atoms with E-state index in [4.69, 9.17) is 27.9 Å². The Morgan fingerprint density at radius 1 is 1.42 bits per heavy atom. The minimum Gasteiger partial charge on any atom is -0.377 e. The molecule has 0 spiro atoms. The summed E-state index contributed by atoms with van der Waals surface area (Å²) in [6.07, 6.45) is 1.42. The van der Waals surface area contributed by atoms with Gasteiger partial charge in [0.25, 0.3) is 0 Å². The zero-order chi connectivity index (χ0) is 17.3. The van der Waals surface area contributed by atoms with Crippen LogP contribution in [0.15, 0.2) is 23.1 Å². The highest BCUT2D eigenvalue weighted by atomic mass is 35.5. The Morgan fingerprint density at radius 3 is 2.96 bits per heavy atom. The molecule has 0 radical (unpaired) electrons. The SMILES string of the molecule is COCc1nc2n(n1)CCC[C@H]2NS(=O)(=O)c1cc(Cl)ccc1Cl. The van der Waals surface area contributed by atoms with Crippen LogP contribution in [0.5, 0.6) is 0 Å². The summed E-state index contributed by atoms with van der Waals surface area (Å²) in [4.78, 5) is 4.33. The molecule has 2 heterocycles. The first-order valence-electron chi connectivity index (χ1n) is 7.30. The summed E-state index contributed by atoms with van der Waals surface area (Å²) in [6.45, 7) is 0.974. The Labute approximate surface area is 150 Å². The number of benzene rings is 1. The number of nitrogens with one attached hydrogen (secondary N) is 1. The first kappa shape index (κ1) is 17.6. The van der Waals surface area contributed by atoms with Gasteiger partial charge in [-0.1, -0.05) is 23.2 Å². The smallest absolute Gasteiger partial charge is 0.242 e. The number of methoxy groups -OCH3 is 1. The second-order valence-electron chi connectivity index (χ2n) is 5.43. The molecule has 3 rings (SSSR count). The number of fused-ring (bicyclic) bond motifs is 1. The minimum atomic E-state index is -3.84. The van der Waals surface area contributed by atoms with E-state index in [1.165, 1.54) is 18.2 Å². The number of aryl methyl sites for hydroxylation is 1. The number of sulfonamides is 1. The fourth-order valence-electron chi connectivity index (χ4n) is 2.64. The Bertz CT molecular complexity index is 854. The second-order valence-corrected chi connectivity index (χ2v) is 7.96. The molecular weight excluding hydrogens is 375 g/mol. The van der Waals surface area contributed by atoms with E-state index in [1.54, 1.807) is 11.8 Å². The highest BCUT2D eigenvalue weighted by Gasteiger charge is 2.30. The molecule has 1 aliphatic heterocycles. The quantitative estimate of drug-likeness (QED) is 0.847. The molecule has 7 nitrogen and oxygen atoms in total. The molecule has 0 fully saturated rings. The van der Waals surface area contributed by atoms with Crippen molar-refractivity contribution in [2.24, 2.45) is 0 Å². The largest absolute Gasteiger partial charge is 0.377 e. The van der Waals surface area contributed by atoms with E-state index in [1.807, 2.05) is 0 Å². The van der Waals surface area contributed by atoms with E-state index in [9.17, 15) is 8.42 Å². The van der Waals surface area contributed by atoms with Crippen molar-refractivity contribution < 1.29 is 13.2 Å². The second kappa shape index (κ2) is 6.97. The number of aromatic nitrogens is 3. The molecular formula is C14H16Cl2N4O3S. The van der Waals surface area contributed by atoms with E-state index in [2.05, 4.69) is 14.8 Å². The maximum atomic E-state index is 12.7. The maximum Gasteiger partial charge on any atom is 0.242 e. The fraction of sp³-hybridized carbons (Fsp3) is 0.429. The predicted octanol–water partition coefficient (Wildman–Crippen LogP) is 2.54. The first-order valence-corrected chi connectivity index (χ1v) is 9.54. The number of halogens is 2. The molecule has 1 aromatic heterocycles. The number of hydrogen-bond donors (Lipinski definition) is 1. The van der Waals surface area contributed by atoms with Crippen molar-refractivity contribution in [2.45, 2.75) is 36.9 Å². The van der Waals surface area contributed by atoms with Gasteiger partial charge >= 0.3 is 0 Å². The van der Waals surface area contributed by atoms with Crippen molar-refractivity contribution in [3.05, 3.63) is 39.9 Å². The van der Waals surface area contributed by atoms with Gasteiger partial charge in [0.15, 0.2) is 5.82 Å². The molecule has 1 aliphatic rings. The molecule has 1 atom stereocenters. The minimum absolute atomic E-state index is 0.0505. The van der Waals surface area contributed by atoms with Gasteiger partial charge in [-0.25, -0.2) is 22.8 Å². The standard InChI is InChI=1S/C14H16Cl2N4O3S/c1-23-8-13-17-14-11(3-2-6-20(14)18-13)19-24(21,22)12-7-9(15)4-5-10(12)16/h4-5,7,11,19H,2-3,6,8H2,1H3/t11-/m1/s1. The lowest BCUT2D eigenvalue weighted by Gasteiger charge is -2.23. The summed E-state index contributed by atoms with van der Waals surface area (Å²) in [5, 5.41) is 4.74. The van der Waals surface area contributed by atoms with Gasteiger partial charge in [-0.15, -0.1) is 0 Å². The lowest BCUT2D eigenvalue weighted by atomic mass is 10.1. The third kappa shape index (κ3) is 3.57. The summed E-state index contributed by atoms with van der Waals surface area (Å²) >= 11 is 11.9. The first-order chi connectivity index (χ1) is 11.4. The Balaban J connectivity index is 1.90. The van der Waals surface area contributed by atoms with E-state index in [0.717, 1.165) is 6.42 Å². The maximum absolute atomic E-state index is 12.7. The molecule has 0 amide bonds. The van der Waals surface area contributed by atoms with E-state index in [0.29, 0.717) is 29.6 Å². The molecule has 1 N–H and O–H groups in total. The molecule has 10 heteroatoms. The average molecular weight is 391 g/mol. The van der Waals surface area contributed by atoms with Gasteiger partial charge in [-0.3, -0.25) is 0 Å². The number of nitrogens with zero attached hydrogens (tertiary/aromatic N) is 3. The van der Waals surface area contributed by atoms with Gasteiger partial charge < -0.3 is 4.74 Å². The summed E-state index contributed by atoms with van der Waals surface area (Å²) in [7, 11) is -2.28. The summed E-state index contributed by atoms with van der Waals surface area (Å²) in [5.41, 5.74) is 0. The van der Waals surface area contributed by atoms with Crippen LogP contribution in [0.25, 0.3) is 0 Å². The Kier molecular flexibility index (Phi) is 5.12. The number of hydrogen-bond acceptors (Lipinski definition) is 5. The van der Waals surface area contributed by atoms with Crippen LogP contribution in [0.3, 0.4) is 0 Å². The van der Waals surface area contributed by atoms with Crippen molar-refractivity contribution in [3.63, 3.8) is 0 Å². The molecule has 0 saturated carbocycles. The van der Waals surface area contributed by atoms with Crippen molar-refractivity contribution in [1.29, 1.82) is 0 Å². The van der Waals surface area contributed by atoms with Crippen molar-refractivity contribution in [3.8, 4) is 0 Å². The summed E-state index contributed by atoms with van der Waals surface area (Å²) in [5.74, 6) is 1.11. The van der Waals surface area contributed by atoms with Crippen molar-refractivity contribution >= 4 is 33.2 Å².